The predicted molar refractivity (Wildman–Crippen MR) is 103 cm³/mol. The van der Waals surface area contributed by atoms with Crippen molar-refractivity contribution < 1.29 is 19.0 Å². The van der Waals surface area contributed by atoms with Crippen LogP contribution in [0.1, 0.15) is 29.2 Å². The highest BCUT2D eigenvalue weighted by Gasteiger charge is 2.35. The van der Waals surface area contributed by atoms with Crippen LogP contribution in [-0.4, -0.2) is 38.6 Å². The third-order valence-corrected chi connectivity index (χ3v) is 5.39. The van der Waals surface area contributed by atoms with E-state index in [1.54, 1.807) is 27.4 Å². The summed E-state index contributed by atoms with van der Waals surface area (Å²) in [5.74, 6) is 2.38. The second kappa shape index (κ2) is 6.99. The molecule has 2 aliphatic heterocycles. The van der Waals surface area contributed by atoms with Gasteiger partial charge in [-0.05, 0) is 59.5 Å². The molecule has 2 heterocycles. The fraction of sp³-hybridized carbons (Fsp3) is 0.318. The molecule has 1 atom stereocenters. The first kappa shape index (κ1) is 17.5. The molecule has 0 aromatic heterocycles. The highest BCUT2D eigenvalue weighted by Crippen LogP contribution is 2.44. The van der Waals surface area contributed by atoms with Crippen LogP contribution < -0.4 is 14.2 Å². The Morgan fingerprint density at radius 3 is 2.33 bits per heavy atom. The second-order valence-electron chi connectivity index (χ2n) is 6.79. The van der Waals surface area contributed by atoms with Crippen LogP contribution in [-0.2, 0) is 11.2 Å². The molecule has 2 aromatic carbocycles. The van der Waals surface area contributed by atoms with E-state index in [1.807, 2.05) is 36.4 Å². The molecule has 27 heavy (non-hydrogen) atoms. The lowest BCUT2D eigenvalue weighted by molar-refractivity contribution is -0.116. The van der Waals surface area contributed by atoms with Gasteiger partial charge in [0, 0.05) is 24.7 Å². The average molecular weight is 365 g/mol. The van der Waals surface area contributed by atoms with E-state index >= 15 is 0 Å². The van der Waals surface area contributed by atoms with Crippen LogP contribution in [0.15, 0.2) is 42.5 Å². The fourth-order valence-corrected chi connectivity index (χ4v) is 4.03. The maximum Gasteiger partial charge on any atom is 0.161 e. The summed E-state index contributed by atoms with van der Waals surface area (Å²) in [6, 6.07) is 11.9. The number of benzene rings is 2. The van der Waals surface area contributed by atoms with Gasteiger partial charge in [0.25, 0.3) is 0 Å². The lowest BCUT2D eigenvalue weighted by Crippen LogP contribution is -2.38. The zero-order valence-corrected chi connectivity index (χ0v) is 15.8. The molecule has 0 saturated carbocycles. The van der Waals surface area contributed by atoms with Crippen molar-refractivity contribution >= 4 is 11.5 Å². The molecule has 0 saturated heterocycles. The molecule has 0 radical (unpaired) electrons. The summed E-state index contributed by atoms with van der Waals surface area (Å²) in [5.41, 5.74) is 4.36. The number of hydrogen-bond acceptors (Lipinski definition) is 5. The number of allylic oxidation sites excluding steroid dienone is 1. The molecule has 0 fully saturated rings. The van der Waals surface area contributed by atoms with E-state index in [2.05, 4.69) is 4.90 Å². The van der Waals surface area contributed by atoms with Gasteiger partial charge >= 0.3 is 0 Å². The molecular formula is C22H23NO4. The Hall–Kier alpha value is -2.95. The molecule has 0 N–H and O–H groups in total. The van der Waals surface area contributed by atoms with Crippen molar-refractivity contribution in [3.8, 4) is 17.2 Å². The monoisotopic (exact) mass is 365 g/mol. The molecule has 2 aliphatic rings. The molecule has 0 bridgehead atoms. The first-order valence-electron chi connectivity index (χ1n) is 9.05. The van der Waals surface area contributed by atoms with Gasteiger partial charge in [-0.25, -0.2) is 0 Å². The Morgan fingerprint density at radius 2 is 1.67 bits per heavy atom. The molecule has 5 nitrogen and oxygen atoms in total. The molecule has 0 amide bonds. The molecule has 0 aliphatic carbocycles. The first-order chi connectivity index (χ1) is 13.1. The van der Waals surface area contributed by atoms with Gasteiger partial charge in [-0.15, -0.1) is 0 Å². The molecular weight excluding hydrogens is 342 g/mol. The van der Waals surface area contributed by atoms with Crippen LogP contribution in [0.3, 0.4) is 0 Å². The van der Waals surface area contributed by atoms with Gasteiger partial charge in [0.15, 0.2) is 17.3 Å². The Morgan fingerprint density at radius 1 is 0.963 bits per heavy atom. The van der Waals surface area contributed by atoms with Gasteiger partial charge in [-0.2, -0.15) is 0 Å². The third kappa shape index (κ3) is 3.03. The number of fused-ring (bicyclic) bond motifs is 3. The zero-order valence-electron chi connectivity index (χ0n) is 15.8. The molecule has 5 heteroatoms. The Balaban J connectivity index is 1.75. The highest BCUT2D eigenvalue weighted by atomic mass is 16.5. The standard InChI is InChI=1S/C22H23NO4/c1-25-17-6-4-14(5-7-17)19-11-16(24)12-20-18-13-22(27-3)21(26-2)10-15(18)8-9-23(19)20/h4-7,10-11,13,20H,8-9,12H2,1-3H3. The zero-order chi connectivity index (χ0) is 19.0. The summed E-state index contributed by atoms with van der Waals surface area (Å²) >= 11 is 0. The quantitative estimate of drug-likeness (QED) is 0.828. The van der Waals surface area contributed by atoms with Gasteiger partial charge in [-0.3, -0.25) is 4.79 Å². The van der Waals surface area contributed by atoms with E-state index in [1.165, 1.54) is 5.56 Å². The third-order valence-electron chi connectivity index (χ3n) is 5.39. The van der Waals surface area contributed by atoms with Crippen LogP contribution in [0, 0.1) is 0 Å². The number of ether oxygens (including phenoxy) is 3. The van der Waals surface area contributed by atoms with E-state index in [0.717, 1.165) is 41.3 Å². The number of hydrogen-bond donors (Lipinski definition) is 0. The average Bonchev–Trinajstić information content (AvgIpc) is 2.72. The van der Waals surface area contributed by atoms with Gasteiger partial charge in [-0.1, -0.05) is 0 Å². The largest absolute Gasteiger partial charge is 0.497 e. The minimum atomic E-state index is 0.0168. The van der Waals surface area contributed by atoms with Crippen molar-refractivity contribution in [1.82, 2.24) is 4.90 Å². The van der Waals surface area contributed by atoms with Crippen molar-refractivity contribution in [2.24, 2.45) is 0 Å². The Labute approximate surface area is 159 Å². The maximum absolute atomic E-state index is 12.5. The molecule has 1 unspecified atom stereocenters. The van der Waals surface area contributed by atoms with Crippen LogP contribution in [0.25, 0.3) is 5.70 Å². The summed E-state index contributed by atoms with van der Waals surface area (Å²) in [6.45, 7) is 0.859. The van der Waals surface area contributed by atoms with Crippen LogP contribution in [0.2, 0.25) is 0 Å². The van der Waals surface area contributed by atoms with Gasteiger partial charge in [0.2, 0.25) is 0 Å². The first-order valence-corrected chi connectivity index (χ1v) is 9.05. The highest BCUT2D eigenvalue weighted by molar-refractivity contribution is 5.98. The molecule has 140 valence electrons. The van der Waals surface area contributed by atoms with E-state index in [-0.39, 0.29) is 11.8 Å². The summed E-state index contributed by atoms with van der Waals surface area (Å²) in [7, 11) is 4.94. The topological polar surface area (TPSA) is 48.0 Å². The molecule has 4 rings (SSSR count). The van der Waals surface area contributed by atoms with Gasteiger partial charge < -0.3 is 19.1 Å². The number of rotatable bonds is 4. The van der Waals surface area contributed by atoms with E-state index in [0.29, 0.717) is 12.2 Å². The number of carbonyl (C=O) groups excluding carboxylic acids is 1. The van der Waals surface area contributed by atoms with Gasteiger partial charge in [0.05, 0.1) is 27.4 Å². The summed E-state index contributed by atoms with van der Waals surface area (Å²) in [6.07, 6.45) is 3.14. The summed E-state index contributed by atoms with van der Waals surface area (Å²) in [4.78, 5) is 14.9. The number of ketones is 1. The predicted octanol–water partition coefficient (Wildman–Crippen LogP) is 3.63. The number of methoxy groups -OCH3 is 3. The lowest BCUT2D eigenvalue weighted by atomic mass is 9.85. The van der Waals surface area contributed by atoms with Crippen LogP contribution in [0.5, 0.6) is 17.2 Å². The normalized spacial score (nSPS) is 18.3. The Kier molecular flexibility index (Phi) is 4.52. The summed E-state index contributed by atoms with van der Waals surface area (Å²) < 4.78 is 16.2. The minimum absolute atomic E-state index is 0.0168. The van der Waals surface area contributed by atoms with E-state index in [4.69, 9.17) is 14.2 Å². The van der Waals surface area contributed by atoms with Crippen molar-refractivity contribution in [3.63, 3.8) is 0 Å². The van der Waals surface area contributed by atoms with Crippen molar-refractivity contribution in [1.29, 1.82) is 0 Å². The van der Waals surface area contributed by atoms with Crippen LogP contribution >= 0.6 is 0 Å². The fourth-order valence-electron chi connectivity index (χ4n) is 4.03. The van der Waals surface area contributed by atoms with Crippen molar-refractivity contribution in [3.05, 3.63) is 59.2 Å². The van der Waals surface area contributed by atoms with Crippen molar-refractivity contribution in [2.75, 3.05) is 27.9 Å². The van der Waals surface area contributed by atoms with E-state index < -0.39 is 0 Å². The Bertz CT molecular complexity index is 901. The number of carbonyl (C=O) groups is 1. The summed E-state index contributed by atoms with van der Waals surface area (Å²) in [5, 5.41) is 0. The van der Waals surface area contributed by atoms with Gasteiger partial charge in [0.1, 0.15) is 5.75 Å². The molecule has 0 spiro atoms. The second-order valence-corrected chi connectivity index (χ2v) is 6.79. The van der Waals surface area contributed by atoms with Crippen LogP contribution in [0.4, 0.5) is 0 Å². The minimum Gasteiger partial charge on any atom is -0.497 e. The van der Waals surface area contributed by atoms with Crippen molar-refractivity contribution in [2.45, 2.75) is 18.9 Å². The number of nitrogens with zero attached hydrogens (tertiary/aromatic N) is 1. The maximum atomic E-state index is 12.5. The molecule has 2 aromatic rings. The smallest absolute Gasteiger partial charge is 0.161 e. The lowest BCUT2D eigenvalue weighted by Gasteiger charge is -2.42. The SMILES string of the molecule is COc1ccc(C2=CC(=O)CC3c4cc(OC)c(OC)cc4CCN23)cc1. The van der Waals surface area contributed by atoms with E-state index in [9.17, 15) is 4.79 Å².